The molecule has 2 aromatic carbocycles. The molecule has 1 heterocycles. The number of halogens is 1. The third kappa shape index (κ3) is 2.75. The molecule has 0 spiro atoms. The predicted octanol–water partition coefficient (Wildman–Crippen LogP) is 4.04. The zero-order chi connectivity index (χ0) is 16.4. The summed E-state index contributed by atoms with van der Waals surface area (Å²) in [6.07, 6.45) is -0.542. The van der Waals surface area contributed by atoms with Crippen LogP contribution in [-0.2, 0) is 14.3 Å². The van der Waals surface area contributed by atoms with Crippen molar-refractivity contribution in [3.8, 4) is 0 Å². The van der Waals surface area contributed by atoms with Gasteiger partial charge in [0.15, 0.2) is 0 Å². The highest BCUT2D eigenvalue weighted by atomic mass is 19.1. The van der Waals surface area contributed by atoms with Gasteiger partial charge in [0, 0.05) is 11.1 Å². The van der Waals surface area contributed by atoms with Gasteiger partial charge < -0.3 is 9.47 Å². The van der Waals surface area contributed by atoms with Crippen molar-refractivity contribution < 1.29 is 18.7 Å². The van der Waals surface area contributed by atoms with Crippen LogP contribution in [-0.4, -0.2) is 13.1 Å². The van der Waals surface area contributed by atoms with Crippen molar-refractivity contribution in [1.82, 2.24) is 0 Å². The van der Waals surface area contributed by atoms with Crippen molar-refractivity contribution in [2.45, 2.75) is 6.10 Å². The third-order valence-corrected chi connectivity index (χ3v) is 3.70. The van der Waals surface area contributed by atoms with E-state index in [-0.39, 0.29) is 5.82 Å². The average Bonchev–Trinajstić information content (AvgIpc) is 2.93. The Labute approximate surface area is 133 Å². The topological polar surface area (TPSA) is 35.5 Å². The zero-order valence-corrected chi connectivity index (χ0v) is 12.6. The number of hydrogen-bond acceptors (Lipinski definition) is 3. The maximum Gasteiger partial charge on any atom is 0.342 e. The summed E-state index contributed by atoms with van der Waals surface area (Å²) < 4.78 is 24.0. The molecule has 4 heteroatoms. The number of carbonyl (C=O) groups excluding carboxylic acids is 1. The number of esters is 1. The number of methoxy groups -OCH3 is 1. The highest BCUT2D eigenvalue weighted by molar-refractivity contribution is 6.02. The SMILES string of the molecule is C=C1C(C(=O)OC)=C(c2ccccc2)O[C@H]1c1ccc(F)cc1. The number of ether oxygens (including phenoxy) is 2. The van der Waals surface area contributed by atoms with Gasteiger partial charge in [-0.05, 0) is 17.7 Å². The fourth-order valence-corrected chi connectivity index (χ4v) is 2.56. The largest absolute Gasteiger partial charge is 0.479 e. The Hall–Kier alpha value is -2.88. The Balaban J connectivity index is 2.04. The number of benzene rings is 2. The van der Waals surface area contributed by atoms with Gasteiger partial charge in [-0.3, -0.25) is 0 Å². The molecule has 1 aliphatic heterocycles. The molecule has 0 saturated heterocycles. The van der Waals surface area contributed by atoms with Crippen LogP contribution in [0.15, 0.2) is 72.3 Å². The van der Waals surface area contributed by atoms with E-state index in [4.69, 9.17) is 9.47 Å². The molecule has 0 aliphatic carbocycles. The first-order chi connectivity index (χ1) is 11.1. The fraction of sp³-hybridized carbons (Fsp3) is 0.105. The predicted molar refractivity (Wildman–Crippen MR) is 84.7 cm³/mol. The molecular weight excluding hydrogens is 295 g/mol. The minimum absolute atomic E-state index is 0.313. The van der Waals surface area contributed by atoms with E-state index in [9.17, 15) is 9.18 Å². The van der Waals surface area contributed by atoms with E-state index in [2.05, 4.69) is 6.58 Å². The Kier molecular flexibility index (Phi) is 3.98. The van der Waals surface area contributed by atoms with Crippen LogP contribution in [0, 0.1) is 5.82 Å². The van der Waals surface area contributed by atoms with Crippen molar-refractivity contribution >= 4 is 11.7 Å². The van der Waals surface area contributed by atoms with Crippen LogP contribution in [0.4, 0.5) is 4.39 Å². The monoisotopic (exact) mass is 310 g/mol. The second-order valence-corrected chi connectivity index (χ2v) is 5.14. The van der Waals surface area contributed by atoms with E-state index < -0.39 is 12.1 Å². The lowest BCUT2D eigenvalue weighted by molar-refractivity contribution is -0.135. The summed E-state index contributed by atoms with van der Waals surface area (Å²) in [7, 11) is 1.32. The smallest absolute Gasteiger partial charge is 0.342 e. The maximum atomic E-state index is 13.1. The van der Waals surface area contributed by atoms with Crippen LogP contribution in [0.1, 0.15) is 17.2 Å². The molecule has 23 heavy (non-hydrogen) atoms. The Bertz CT molecular complexity index is 776. The highest BCUT2D eigenvalue weighted by Crippen LogP contribution is 2.44. The van der Waals surface area contributed by atoms with Crippen LogP contribution in [0.25, 0.3) is 5.76 Å². The summed E-state index contributed by atoms with van der Waals surface area (Å²) in [6.45, 7) is 3.98. The summed E-state index contributed by atoms with van der Waals surface area (Å²) in [6, 6.07) is 15.2. The maximum absolute atomic E-state index is 13.1. The van der Waals surface area contributed by atoms with E-state index in [0.717, 1.165) is 11.1 Å². The summed E-state index contributed by atoms with van der Waals surface area (Å²) in [5, 5.41) is 0. The molecule has 0 radical (unpaired) electrons. The number of rotatable bonds is 3. The summed E-state index contributed by atoms with van der Waals surface area (Å²) in [5.74, 6) is -0.406. The standard InChI is InChI=1S/C19H15FO3/c1-12-16(19(21)22-2)18(13-6-4-3-5-7-13)23-17(12)14-8-10-15(20)11-9-14/h3-11,17H,1H2,2H3/t17-/m1/s1. The highest BCUT2D eigenvalue weighted by Gasteiger charge is 2.36. The molecule has 0 bridgehead atoms. The van der Waals surface area contributed by atoms with E-state index in [1.807, 2.05) is 30.3 Å². The van der Waals surface area contributed by atoms with E-state index in [0.29, 0.717) is 16.9 Å². The first-order valence-electron chi connectivity index (χ1n) is 7.11. The van der Waals surface area contributed by atoms with Crippen molar-refractivity contribution in [3.63, 3.8) is 0 Å². The molecule has 0 unspecified atom stereocenters. The lowest BCUT2D eigenvalue weighted by atomic mass is 9.97. The van der Waals surface area contributed by atoms with Gasteiger partial charge in [-0.1, -0.05) is 49.0 Å². The minimum atomic E-state index is -0.542. The first-order valence-corrected chi connectivity index (χ1v) is 7.11. The van der Waals surface area contributed by atoms with E-state index >= 15 is 0 Å². The second-order valence-electron chi connectivity index (χ2n) is 5.14. The van der Waals surface area contributed by atoms with Gasteiger partial charge >= 0.3 is 5.97 Å². The molecule has 0 aromatic heterocycles. The molecule has 3 rings (SSSR count). The van der Waals surface area contributed by atoms with Crippen LogP contribution in [0.2, 0.25) is 0 Å². The van der Waals surface area contributed by atoms with Gasteiger partial charge in [0.1, 0.15) is 23.3 Å². The summed E-state index contributed by atoms with van der Waals surface area (Å²) in [5.41, 5.74) is 2.30. The van der Waals surface area contributed by atoms with Crippen molar-refractivity contribution in [1.29, 1.82) is 0 Å². The van der Waals surface area contributed by atoms with Crippen molar-refractivity contribution in [3.05, 3.63) is 89.3 Å². The Morgan fingerprint density at radius 1 is 1.13 bits per heavy atom. The van der Waals surface area contributed by atoms with Gasteiger partial charge in [0.2, 0.25) is 0 Å². The molecule has 3 nitrogen and oxygen atoms in total. The number of hydrogen-bond donors (Lipinski definition) is 0. The van der Waals surface area contributed by atoms with Gasteiger partial charge in [-0.2, -0.15) is 0 Å². The summed E-state index contributed by atoms with van der Waals surface area (Å²) in [4.78, 5) is 12.2. The van der Waals surface area contributed by atoms with Crippen LogP contribution >= 0.6 is 0 Å². The van der Waals surface area contributed by atoms with Crippen LogP contribution in [0.5, 0.6) is 0 Å². The molecule has 2 aromatic rings. The summed E-state index contributed by atoms with van der Waals surface area (Å²) >= 11 is 0. The second kappa shape index (κ2) is 6.08. The zero-order valence-electron chi connectivity index (χ0n) is 12.6. The van der Waals surface area contributed by atoms with Crippen molar-refractivity contribution in [2.75, 3.05) is 7.11 Å². The molecular formula is C19H15FO3. The Morgan fingerprint density at radius 2 is 1.78 bits per heavy atom. The third-order valence-electron chi connectivity index (χ3n) is 3.70. The molecule has 1 aliphatic rings. The number of carbonyl (C=O) groups is 1. The lowest BCUT2D eigenvalue weighted by Crippen LogP contribution is -2.07. The van der Waals surface area contributed by atoms with Gasteiger partial charge in [-0.15, -0.1) is 0 Å². The first kappa shape index (κ1) is 15.0. The van der Waals surface area contributed by atoms with E-state index in [1.54, 1.807) is 12.1 Å². The molecule has 1 atom stereocenters. The average molecular weight is 310 g/mol. The van der Waals surface area contributed by atoms with Crippen molar-refractivity contribution in [2.24, 2.45) is 0 Å². The Morgan fingerprint density at radius 3 is 2.39 bits per heavy atom. The molecule has 0 saturated carbocycles. The van der Waals surface area contributed by atoms with Gasteiger partial charge in [-0.25, -0.2) is 9.18 Å². The van der Waals surface area contributed by atoms with Gasteiger partial charge in [0.05, 0.1) is 7.11 Å². The lowest BCUT2D eigenvalue weighted by Gasteiger charge is -2.14. The van der Waals surface area contributed by atoms with Crippen LogP contribution < -0.4 is 0 Å². The van der Waals surface area contributed by atoms with Gasteiger partial charge in [0.25, 0.3) is 0 Å². The van der Waals surface area contributed by atoms with Crippen LogP contribution in [0.3, 0.4) is 0 Å². The fourth-order valence-electron chi connectivity index (χ4n) is 2.56. The molecule has 0 fully saturated rings. The quantitative estimate of drug-likeness (QED) is 0.803. The molecule has 0 amide bonds. The minimum Gasteiger partial charge on any atom is -0.479 e. The normalized spacial score (nSPS) is 17.1. The molecule has 0 N–H and O–H groups in total. The molecule has 116 valence electrons. The van der Waals surface area contributed by atoms with E-state index in [1.165, 1.54) is 19.2 Å².